The SMILES string of the molecule is BC(C)(CC)C(CC)CCNC. The fourth-order valence-electron chi connectivity index (χ4n) is 1.75. The molecule has 0 aliphatic rings. The van der Waals surface area contributed by atoms with Crippen molar-refractivity contribution >= 4 is 7.85 Å². The summed E-state index contributed by atoms with van der Waals surface area (Å²) in [6.45, 7) is 8.14. The van der Waals surface area contributed by atoms with Crippen molar-refractivity contribution in [2.45, 2.75) is 45.3 Å². The summed E-state index contributed by atoms with van der Waals surface area (Å²) in [7, 11) is 4.42. The molecule has 2 atom stereocenters. The molecular formula is C10H24BN. The summed E-state index contributed by atoms with van der Waals surface area (Å²) in [6, 6.07) is 0. The summed E-state index contributed by atoms with van der Waals surface area (Å²) in [6.07, 6.45) is 3.91. The lowest BCUT2D eigenvalue weighted by molar-refractivity contribution is 0.334. The molecule has 0 aromatic rings. The van der Waals surface area contributed by atoms with Crippen molar-refractivity contribution in [3.8, 4) is 0 Å². The first-order chi connectivity index (χ1) is 5.58. The van der Waals surface area contributed by atoms with Crippen molar-refractivity contribution in [3.63, 3.8) is 0 Å². The van der Waals surface area contributed by atoms with Crippen LogP contribution in [0.2, 0.25) is 5.31 Å². The van der Waals surface area contributed by atoms with E-state index in [9.17, 15) is 0 Å². The number of hydrogen-bond acceptors (Lipinski definition) is 1. The highest BCUT2D eigenvalue weighted by Gasteiger charge is 2.25. The van der Waals surface area contributed by atoms with E-state index >= 15 is 0 Å². The molecule has 0 rings (SSSR count). The number of nitrogens with one attached hydrogen (secondary N) is 1. The predicted molar refractivity (Wildman–Crippen MR) is 59.5 cm³/mol. The Morgan fingerprint density at radius 1 is 1.42 bits per heavy atom. The van der Waals surface area contributed by atoms with Crippen LogP contribution < -0.4 is 5.32 Å². The summed E-state index contributed by atoms with van der Waals surface area (Å²) in [5, 5.41) is 3.75. The van der Waals surface area contributed by atoms with Gasteiger partial charge in [0.15, 0.2) is 0 Å². The van der Waals surface area contributed by atoms with Gasteiger partial charge in [-0.05, 0) is 25.9 Å². The van der Waals surface area contributed by atoms with E-state index in [4.69, 9.17) is 0 Å². The molecule has 1 nitrogen and oxygen atoms in total. The Morgan fingerprint density at radius 2 is 2.00 bits per heavy atom. The van der Waals surface area contributed by atoms with Crippen LogP contribution in [0.3, 0.4) is 0 Å². The van der Waals surface area contributed by atoms with Crippen molar-refractivity contribution < 1.29 is 0 Å². The van der Waals surface area contributed by atoms with E-state index in [0.29, 0.717) is 5.31 Å². The quantitative estimate of drug-likeness (QED) is 0.598. The van der Waals surface area contributed by atoms with Crippen LogP contribution in [-0.2, 0) is 0 Å². The second-order valence-corrected chi connectivity index (χ2v) is 4.34. The molecule has 0 bridgehead atoms. The zero-order valence-electron chi connectivity index (χ0n) is 9.41. The van der Waals surface area contributed by atoms with Gasteiger partial charge in [0.25, 0.3) is 0 Å². The van der Waals surface area contributed by atoms with Crippen molar-refractivity contribution in [1.29, 1.82) is 0 Å². The normalized spacial score (nSPS) is 18.7. The van der Waals surface area contributed by atoms with Crippen molar-refractivity contribution in [2.75, 3.05) is 13.6 Å². The zero-order valence-corrected chi connectivity index (χ0v) is 9.41. The van der Waals surface area contributed by atoms with Gasteiger partial charge in [0.1, 0.15) is 7.85 Å². The van der Waals surface area contributed by atoms with Crippen molar-refractivity contribution in [3.05, 3.63) is 0 Å². The van der Waals surface area contributed by atoms with E-state index in [1.54, 1.807) is 0 Å². The van der Waals surface area contributed by atoms with Crippen LogP contribution in [0.5, 0.6) is 0 Å². The molecule has 0 aliphatic carbocycles. The van der Waals surface area contributed by atoms with E-state index in [1.165, 1.54) is 19.3 Å². The van der Waals surface area contributed by atoms with Crippen LogP contribution in [0.4, 0.5) is 0 Å². The first kappa shape index (κ1) is 12.0. The molecule has 2 heteroatoms. The van der Waals surface area contributed by atoms with Gasteiger partial charge in [-0.3, -0.25) is 0 Å². The second-order valence-electron chi connectivity index (χ2n) is 4.34. The Morgan fingerprint density at radius 3 is 2.33 bits per heavy atom. The molecule has 0 radical (unpaired) electrons. The van der Waals surface area contributed by atoms with E-state index in [-0.39, 0.29) is 0 Å². The van der Waals surface area contributed by atoms with Gasteiger partial charge >= 0.3 is 0 Å². The summed E-state index contributed by atoms with van der Waals surface area (Å²) in [4.78, 5) is 0. The van der Waals surface area contributed by atoms with Gasteiger partial charge in [0.05, 0.1) is 0 Å². The monoisotopic (exact) mass is 169 g/mol. The summed E-state index contributed by atoms with van der Waals surface area (Å²) >= 11 is 0. The Balaban J connectivity index is 3.95. The maximum Gasteiger partial charge on any atom is 0.109 e. The summed E-state index contributed by atoms with van der Waals surface area (Å²) in [5.41, 5.74) is 0. The molecule has 0 aromatic heterocycles. The van der Waals surface area contributed by atoms with Gasteiger partial charge in [0, 0.05) is 0 Å². The molecule has 0 amide bonds. The zero-order chi connectivity index (χ0) is 9.61. The lowest BCUT2D eigenvalue weighted by Crippen LogP contribution is -2.23. The lowest BCUT2D eigenvalue weighted by Gasteiger charge is -2.33. The largest absolute Gasteiger partial charge is 0.320 e. The molecule has 72 valence electrons. The number of hydrogen-bond donors (Lipinski definition) is 1. The van der Waals surface area contributed by atoms with E-state index in [0.717, 1.165) is 12.5 Å². The predicted octanol–water partition coefficient (Wildman–Crippen LogP) is 1.84. The molecule has 0 fully saturated rings. The third-order valence-electron chi connectivity index (χ3n) is 3.25. The Labute approximate surface area is 78.7 Å². The average molecular weight is 169 g/mol. The molecule has 0 heterocycles. The van der Waals surface area contributed by atoms with Gasteiger partial charge < -0.3 is 5.32 Å². The average Bonchev–Trinajstić information content (AvgIpc) is 2.05. The minimum atomic E-state index is 0.519. The Kier molecular flexibility index (Phi) is 5.64. The fraction of sp³-hybridized carbons (Fsp3) is 1.00. The minimum Gasteiger partial charge on any atom is -0.320 e. The maximum absolute atomic E-state index is 3.23. The molecule has 0 saturated carbocycles. The second kappa shape index (κ2) is 5.63. The third-order valence-corrected chi connectivity index (χ3v) is 3.25. The van der Waals surface area contributed by atoms with Crippen molar-refractivity contribution in [1.82, 2.24) is 5.32 Å². The van der Waals surface area contributed by atoms with Crippen LogP contribution >= 0.6 is 0 Å². The van der Waals surface area contributed by atoms with E-state index in [1.807, 2.05) is 7.05 Å². The summed E-state index contributed by atoms with van der Waals surface area (Å²) in [5.74, 6) is 0.870. The molecule has 0 aromatic carbocycles. The summed E-state index contributed by atoms with van der Waals surface area (Å²) < 4.78 is 0. The molecule has 2 unspecified atom stereocenters. The smallest absolute Gasteiger partial charge is 0.109 e. The van der Waals surface area contributed by atoms with Crippen molar-refractivity contribution in [2.24, 2.45) is 5.92 Å². The van der Waals surface area contributed by atoms with Crippen LogP contribution in [-0.4, -0.2) is 21.4 Å². The van der Waals surface area contributed by atoms with Gasteiger partial charge in [-0.1, -0.05) is 38.9 Å². The molecular weight excluding hydrogens is 145 g/mol. The van der Waals surface area contributed by atoms with Crippen LogP contribution in [0.15, 0.2) is 0 Å². The van der Waals surface area contributed by atoms with Crippen LogP contribution in [0, 0.1) is 5.92 Å². The molecule has 12 heavy (non-hydrogen) atoms. The Bertz CT molecular complexity index is 112. The van der Waals surface area contributed by atoms with E-state index < -0.39 is 0 Å². The van der Waals surface area contributed by atoms with Crippen LogP contribution in [0.25, 0.3) is 0 Å². The maximum atomic E-state index is 3.23. The fourth-order valence-corrected chi connectivity index (χ4v) is 1.75. The first-order valence-electron chi connectivity index (χ1n) is 5.23. The van der Waals surface area contributed by atoms with Gasteiger partial charge in [-0.2, -0.15) is 0 Å². The van der Waals surface area contributed by atoms with Gasteiger partial charge in [-0.15, -0.1) is 0 Å². The third kappa shape index (κ3) is 3.62. The molecule has 1 N–H and O–H groups in total. The lowest BCUT2D eigenvalue weighted by atomic mass is 9.59. The highest BCUT2D eigenvalue weighted by atomic mass is 14.8. The van der Waals surface area contributed by atoms with E-state index in [2.05, 4.69) is 33.9 Å². The van der Waals surface area contributed by atoms with Crippen LogP contribution in [0.1, 0.15) is 40.0 Å². The van der Waals surface area contributed by atoms with Gasteiger partial charge in [-0.25, -0.2) is 0 Å². The molecule has 0 spiro atoms. The highest BCUT2D eigenvalue weighted by molar-refractivity contribution is 6.15. The first-order valence-corrected chi connectivity index (χ1v) is 5.23. The topological polar surface area (TPSA) is 12.0 Å². The highest BCUT2D eigenvalue weighted by Crippen LogP contribution is 2.38. The van der Waals surface area contributed by atoms with Gasteiger partial charge in [0.2, 0.25) is 0 Å². The number of rotatable bonds is 6. The standard InChI is InChI=1S/C10H24BN/c1-5-9(7-8-12-4)10(3,11)6-2/h9,12H,5-8,11H2,1-4H3. The molecule has 0 aliphatic heterocycles. The molecule has 0 saturated heterocycles. The Hall–Kier alpha value is 0.0249. The minimum absolute atomic E-state index is 0.519.